The average Bonchev–Trinajstić information content (AvgIpc) is 2.15. The third kappa shape index (κ3) is 3.67. The fraction of sp³-hybridized carbons (Fsp3) is 0. The van der Waals surface area contributed by atoms with Gasteiger partial charge >= 0.3 is 0 Å². The molecule has 0 saturated heterocycles. The number of allylic oxidation sites excluding steroid dienone is 2. The minimum atomic E-state index is -0.492. The SMILES string of the molecule is NC(=O)/C=C/C=C/c1ccc(F)cc1. The summed E-state index contributed by atoms with van der Waals surface area (Å²) in [6.45, 7) is 0. The first-order valence-electron chi connectivity index (χ1n) is 4.08. The molecule has 0 spiro atoms. The van der Waals surface area contributed by atoms with Crippen molar-refractivity contribution in [2.24, 2.45) is 5.73 Å². The zero-order chi connectivity index (χ0) is 10.4. The summed E-state index contributed by atoms with van der Waals surface area (Å²) in [5.41, 5.74) is 5.74. The van der Waals surface area contributed by atoms with E-state index in [1.165, 1.54) is 24.3 Å². The first kappa shape index (κ1) is 10.2. The van der Waals surface area contributed by atoms with Crippen molar-refractivity contribution < 1.29 is 9.18 Å². The molecular weight excluding hydrogens is 181 g/mol. The zero-order valence-corrected chi connectivity index (χ0v) is 7.48. The second-order valence-corrected chi connectivity index (χ2v) is 2.67. The molecule has 3 heteroatoms. The highest BCUT2D eigenvalue weighted by Gasteiger charge is 1.87. The van der Waals surface area contributed by atoms with E-state index in [1.54, 1.807) is 24.3 Å². The molecule has 0 unspecified atom stereocenters. The number of nitrogens with two attached hydrogens (primary N) is 1. The highest BCUT2D eigenvalue weighted by atomic mass is 19.1. The van der Waals surface area contributed by atoms with Gasteiger partial charge in [-0.05, 0) is 17.7 Å². The van der Waals surface area contributed by atoms with Gasteiger partial charge in [-0.3, -0.25) is 4.79 Å². The maximum absolute atomic E-state index is 12.5. The Morgan fingerprint density at radius 3 is 2.43 bits per heavy atom. The van der Waals surface area contributed by atoms with Crippen LogP contribution in [0.3, 0.4) is 0 Å². The molecule has 0 bridgehead atoms. The third-order valence-corrected chi connectivity index (χ3v) is 1.53. The van der Waals surface area contributed by atoms with Crippen LogP contribution in [0.2, 0.25) is 0 Å². The Bertz CT molecular complexity index is 365. The molecule has 0 radical (unpaired) electrons. The molecule has 0 aliphatic rings. The van der Waals surface area contributed by atoms with E-state index in [0.29, 0.717) is 0 Å². The van der Waals surface area contributed by atoms with E-state index in [-0.39, 0.29) is 5.82 Å². The molecule has 1 rings (SSSR count). The molecule has 0 aliphatic heterocycles. The van der Waals surface area contributed by atoms with Crippen LogP contribution >= 0.6 is 0 Å². The Labute approximate surface area is 81.5 Å². The summed E-state index contributed by atoms with van der Waals surface area (Å²) in [4.78, 5) is 10.3. The van der Waals surface area contributed by atoms with E-state index in [2.05, 4.69) is 0 Å². The lowest BCUT2D eigenvalue weighted by molar-refractivity contribution is -0.113. The number of primary amides is 1. The topological polar surface area (TPSA) is 43.1 Å². The summed E-state index contributed by atoms with van der Waals surface area (Å²) in [6.07, 6.45) is 6.20. The number of hydrogen-bond donors (Lipinski definition) is 1. The molecule has 0 aromatic heterocycles. The van der Waals surface area contributed by atoms with Crippen molar-refractivity contribution in [3.63, 3.8) is 0 Å². The van der Waals surface area contributed by atoms with Crippen molar-refractivity contribution >= 4 is 12.0 Å². The summed E-state index contributed by atoms with van der Waals surface area (Å²) >= 11 is 0. The molecule has 0 saturated carbocycles. The van der Waals surface area contributed by atoms with Gasteiger partial charge in [-0.25, -0.2) is 4.39 Å². The van der Waals surface area contributed by atoms with Gasteiger partial charge in [0.25, 0.3) is 0 Å². The molecular formula is C11H10FNO. The Kier molecular flexibility index (Phi) is 3.61. The Morgan fingerprint density at radius 1 is 1.21 bits per heavy atom. The number of carbonyl (C=O) groups is 1. The lowest BCUT2D eigenvalue weighted by Crippen LogP contribution is -2.04. The predicted octanol–water partition coefficient (Wildman–Crippen LogP) is 1.88. The second kappa shape index (κ2) is 4.97. The van der Waals surface area contributed by atoms with Gasteiger partial charge in [-0.15, -0.1) is 0 Å². The summed E-state index contributed by atoms with van der Waals surface area (Å²) in [5.74, 6) is -0.761. The van der Waals surface area contributed by atoms with Crippen LogP contribution in [0.1, 0.15) is 5.56 Å². The van der Waals surface area contributed by atoms with Gasteiger partial charge in [0, 0.05) is 6.08 Å². The van der Waals surface area contributed by atoms with Crippen LogP contribution in [-0.2, 0) is 4.79 Å². The molecule has 1 aromatic rings. The largest absolute Gasteiger partial charge is 0.366 e. The number of rotatable bonds is 3. The second-order valence-electron chi connectivity index (χ2n) is 2.67. The van der Waals surface area contributed by atoms with E-state index in [4.69, 9.17) is 5.73 Å². The molecule has 72 valence electrons. The van der Waals surface area contributed by atoms with Crippen LogP contribution < -0.4 is 5.73 Å². The standard InChI is InChI=1S/C11H10FNO/c12-10-7-5-9(6-8-10)3-1-2-4-11(13)14/h1-8H,(H2,13,14)/b3-1+,4-2+. The van der Waals surface area contributed by atoms with Crippen molar-refractivity contribution in [2.75, 3.05) is 0 Å². The zero-order valence-electron chi connectivity index (χ0n) is 7.48. The Morgan fingerprint density at radius 2 is 1.86 bits per heavy atom. The van der Waals surface area contributed by atoms with Gasteiger partial charge in [-0.2, -0.15) is 0 Å². The molecule has 2 N–H and O–H groups in total. The molecule has 1 amide bonds. The predicted molar refractivity (Wildman–Crippen MR) is 53.8 cm³/mol. The molecule has 0 aliphatic carbocycles. The number of halogens is 1. The highest BCUT2D eigenvalue weighted by Crippen LogP contribution is 2.04. The smallest absolute Gasteiger partial charge is 0.241 e. The van der Waals surface area contributed by atoms with Crippen molar-refractivity contribution in [1.82, 2.24) is 0 Å². The minimum absolute atomic E-state index is 0.269. The molecule has 0 heterocycles. The van der Waals surface area contributed by atoms with Crippen LogP contribution in [0, 0.1) is 5.82 Å². The van der Waals surface area contributed by atoms with Crippen molar-refractivity contribution in [3.05, 3.63) is 53.9 Å². The fourth-order valence-corrected chi connectivity index (χ4v) is 0.891. The molecule has 1 aromatic carbocycles. The maximum atomic E-state index is 12.5. The van der Waals surface area contributed by atoms with E-state index in [0.717, 1.165) is 5.56 Å². The summed E-state index contributed by atoms with van der Waals surface area (Å²) in [5, 5.41) is 0. The molecule has 2 nitrogen and oxygen atoms in total. The van der Waals surface area contributed by atoms with Crippen molar-refractivity contribution in [2.45, 2.75) is 0 Å². The summed E-state index contributed by atoms with van der Waals surface area (Å²) in [6, 6.07) is 6.03. The van der Waals surface area contributed by atoms with E-state index >= 15 is 0 Å². The van der Waals surface area contributed by atoms with Crippen LogP contribution in [-0.4, -0.2) is 5.91 Å². The van der Waals surface area contributed by atoms with Crippen molar-refractivity contribution in [3.8, 4) is 0 Å². The average molecular weight is 191 g/mol. The van der Waals surface area contributed by atoms with E-state index < -0.39 is 5.91 Å². The monoisotopic (exact) mass is 191 g/mol. The normalized spacial score (nSPS) is 11.2. The minimum Gasteiger partial charge on any atom is -0.366 e. The van der Waals surface area contributed by atoms with Gasteiger partial charge in [0.2, 0.25) is 5.91 Å². The molecule has 0 fully saturated rings. The third-order valence-electron chi connectivity index (χ3n) is 1.53. The number of amides is 1. The van der Waals surface area contributed by atoms with Crippen LogP contribution in [0.4, 0.5) is 4.39 Å². The van der Waals surface area contributed by atoms with Crippen molar-refractivity contribution in [1.29, 1.82) is 0 Å². The van der Waals surface area contributed by atoms with E-state index in [9.17, 15) is 9.18 Å². The number of carbonyl (C=O) groups excluding carboxylic acids is 1. The van der Waals surface area contributed by atoms with Crippen LogP contribution in [0.15, 0.2) is 42.5 Å². The van der Waals surface area contributed by atoms with Crippen LogP contribution in [0.25, 0.3) is 6.08 Å². The van der Waals surface area contributed by atoms with Gasteiger partial charge in [-0.1, -0.05) is 30.4 Å². The van der Waals surface area contributed by atoms with Gasteiger partial charge < -0.3 is 5.73 Å². The Balaban J connectivity index is 2.60. The van der Waals surface area contributed by atoms with Crippen LogP contribution in [0.5, 0.6) is 0 Å². The quantitative estimate of drug-likeness (QED) is 0.575. The lowest BCUT2D eigenvalue weighted by Gasteiger charge is -1.90. The van der Waals surface area contributed by atoms with Gasteiger partial charge in [0.1, 0.15) is 5.82 Å². The number of benzene rings is 1. The first-order chi connectivity index (χ1) is 6.68. The lowest BCUT2D eigenvalue weighted by atomic mass is 10.2. The fourth-order valence-electron chi connectivity index (χ4n) is 0.891. The summed E-state index contributed by atoms with van der Waals surface area (Å²) in [7, 11) is 0. The maximum Gasteiger partial charge on any atom is 0.241 e. The Hall–Kier alpha value is -1.90. The highest BCUT2D eigenvalue weighted by molar-refractivity contribution is 5.86. The van der Waals surface area contributed by atoms with E-state index in [1.807, 2.05) is 0 Å². The number of hydrogen-bond acceptors (Lipinski definition) is 1. The molecule has 0 atom stereocenters. The summed E-state index contributed by atoms with van der Waals surface area (Å²) < 4.78 is 12.5. The first-order valence-corrected chi connectivity index (χ1v) is 4.08. The molecule has 14 heavy (non-hydrogen) atoms. The van der Waals surface area contributed by atoms with Gasteiger partial charge in [0.15, 0.2) is 0 Å². The van der Waals surface area contributed by atoms with Gasteiger partial charge in [0.05, 0.1) is 0 Å².